The third-order valence-electron chi connectivity index (χ3n) is 12.3. The third kappa shape index (κ3) is 6.62. The molecule has 0 bridgehead atoms. The molecule has 0 saturated heterocycles. The smallest absolute Gasteiger partial charge is 0.238 e. The number of benzene rings is 9. The van der Waals surface area contributed by atoms with Crippen molar-refractivity contribution >= 4 is 43.6 Å². The molecule has 318 valence electrons. The number of hydrogen-bond donors (Lipinski definition) is 0. The van der Waals surface area contributed by atoms with Gasteiger partial charge in [0.2, 0.25) is 5.95 Å². The molecule has 4 heterocycles. The minimum absolute atomic E-state index is 0.120. The van der Waals surface area contributed by atoms with Crippen molar-refractivity contribution in [3.05, 3.63) is 230 Å². The van der Waals surface area contributed by atoms with E-state index in [-0.39, 0.29) is 17.6 Å². The number of hydrogen-bond acceptors (Lipinski definition) is 6. The summed E-state index contributed by atoms with van der Waals surface area (Å²) in [6, 6.07) is 63.9. The Hall–Kier alpha value is -9.40. The molecule has 0 spiro atoms. The SMILES string of the molecule is [2H]c1c([2H])c([2H])c(-c2cccc3c2c2ccccc2n3-c2ccc(-c3nc(-c4ccccc4)nc(-c4ccccc4)n3)cc2-c2nc(-c3ccccc3)nc(-n3c4ccccc4c4ccccc43)n2)c([2H])c1[2H]. The van der Waals surface area contributed by atoms with Crippen molar-refractivity contribution in [3.63, 3.8) is 0 Å². The molecule has 68 heavy (non-hydrogen) atoms. The zero-order valence-electron chi connectivity index (χ0n) is 41.1. The summed E-state index contributed by atoms with van der Waals surface area (Å²) in [5.74, 6) is 2.71. The predicted molar refractivity (Wildman–Crippen MR) is 275 cm³/mol. The van der Waals surface area contributed by atoms with Gasteiger partial charge in [-0.2, -0.15) is 9.97 Å². The monoisotopic (exact) mass is 875 g/mol. The van der Waals surface area contributed by atoms with Crippen molar-refractivity contribution in [2.75, 3.05) is 0 Å². The molecule has 0 atom stereocenters. The maximum absolute atomic E-state index is 9.07. The van der Waals surface area contributed by atoms with E-state index >= 15 is 0 Å². The van der Waals surface area contributed by atoms with Gasteiger partial charge < -0.3 is 4.57 Å². The molecule has 0 N–H and O–H groups in total. The molecule has 0 radical (unpaired) electrons. The molecule has 0 unspecified atom stereocenters. The van der Waals surface area contributed by atoms with Gasteiger partial charge in [-0.1, -0.05) is 188 Å². The van der Waals surface area contributed by atoms with Crippen LogP contribution in [0.2, 0.25) is 0 Å². The molecular formula is C60H38N8. The number of aromatic nitrogens is 8. The molecule has 8 heteroatoms. The van der Waals surface area contributed by atoms with Crippen LogP contribution >= 0.6 is 0 Å². The average molecular weight is 876 g/mol. The molecule has 0 saturated carbocycles. The largest absolute Gasteiger partial charge is 0.308 e. The highest BCUT2D eigenvalue weighted by molar-refractivity contribution is 6.16. The Bertz CT molecular complexity index is 4190. The summed E-state index contributed by atoms with van der Waals surface area (Å²) in [7, 11) is 0. The Morgan fingerprint density at radius 3 is 1.35 bits per heavy atom. The van der Waals surface area contributed by atoms with Crippen molar-refractivity contribution in [3.8, 4) is 79.7 Å². The lowest BCUT2D eigenvalue weighted by molar-refractivity contribution is 0.951. The quantitative estimate of drug-likeness (QED) is 0.151. The lowest BCUT2D eigenvalue weighted by atomic mass is 9.99. The summed E-state index contributed by atoms with van der Waals surface area (Å²) in [5, 5.41) is 3.65. The van der Waals surface area contributed by atoms with Gasteiger partial charge in [0.1, 0.15) is 0 Å². The van der Waals surface area contributed by atoms with Crippen LogP contribution in [0.25, 0.3) is 123 Å². The summed E-state index contributed by atoms with van der Waals surface area (Å²) < 4.78 is 48.0. The van der Waals surface area contributed by atoms with Gasteiger partial charge in [-0.25, -0.2) is 19.9 Å². The van der Waals surface area contributed by atoms with Gasteiger partial charge in [-0.05, 0) is 53.6 Å². The van der Waals surface area contributed by atoms with E-state index in [0.717, 1.165) is 60.3 Å². The summed E-state index contributed by atoms with van der Waals surface area (Å²) in [6.45, 7) is 0. The van der Waals surface area contributed by atoms with Gasteiger partial charge in [-0.15, -0.1) is 0 Å². The van der Waals surface area contributed by atoms with Crippen molar-refractivity contribution in [2.24, 2.45) is 0 Å². The molecule has 8 nitrogen and oxygen atoms in total. The second-order valence-electron chi connectivity index (χ2n) is 16.3. The fraction of sp³-hybridized carbons (Fsp3) is 0. The van der Waals surface area contributed by atoms with Crippen molar-refractivity contribution < 1.29 is 6.85 Å². The van der Waals surface area contributed by atoms with Crippen LogP contribution in [0.1, 0.15) is 6.85 Å². The van der Waals surface area contributed by atoms with E-state index in [9.17, 15) is 0 Å². The predicted octanol–water partition coefficient (Wildman–Crippen LogP) is 14.3. The van der Waals surface area contributed by atoms with E-state index in [2.05, 4.69) is 33.4 Å². The van der Waals surface area contributed by atoms with Crippen LogP contribution in [-0.2, 0) is 0 Å². The van der Waals surface area contributed by atoms with E-state index in [4.69, 9.17) is 36.8 Å². The Labute approximate surface area is 398 Å². The normalized spacial score (nSPS) is 12.6. The van der Waals surface area contributed by atoms with Gasteiger partial charge in [-0.3, -0.25) is 4.57 Å². The Morgan fingerprint density at radius 1 is 0.309 bits per heavy atom. The topological polar surface area (TPSA) is 87.2 Å². The molecular weight excluding hydrogens is 833 g/mol. The van der Waals surface area contributed by atoms with Crippen LogP contribution in [-0.4, -0.2) is 39.0 Å². The fourth-order valence-electron chi connectivity index (χ4n) is 9.30. The summed E-state index contributed by atoms with van der Waals surface area (Å²) in [6.07, 6.45) is 0. The zero-order chi connectivity index (χ0) is 49.3. The molecule has 13 aromatic rings. The molecule has 0 fully saturated rings. The number of fused-ring (bicyclic) bond motifs is 6. The van der Waals surface area contributed by atoms with Crippen LogP contribution < -0.4 is 0 Å². The minimum atomic E-state index is -0.449. The Morgan fingerprint density at radius 2 is 0.765 bits per heavy atom. The van der Waals surface area contributed by atoms with Crippen LogP contribution in [0.5, 0.6) is 0 Å². The molecule has 0 amide bonds. The average Bonchev–Trinajstić information content (AvgIpc) is 3.98. The molecule has 13 rings (SSSR count). The van der Waals surface area contributed by atoms with E-state index < -0.39 is 18.1 Å². The fourth-order valence-corrected chi connectivity index (χ4v) is 9.30. The zero-order valence-corrected chi connectivity index (χ0v) is 36.1. The van der Waals surface area contributed by atoms with Crippen molar-refractivity contribution in [1.82, 2.24) is 39.0 Å². The Kier molecular flexibility index (Phi) is 8.12. The number of para-hydroxylation sites is 3. The number of rotatable bonds is 8. The van der Waals surface area contributed by atoms with Crippen LogP contribution in [0, 0.1) is 0 Å². The van der Waals surface area contributed by atoms with Crippen molar-refractivity contribution in [1.29, 1.82) is 0 Å². The van der Waals surface area contributed by atoms with Gasteiger partial charge in [0.25, 0.3) is 0 Å². The highest BCUT2D eigenvalue weighted by atomic mass is 15.2. The lowest BCUT2D eigenvalue weighted by Crippen LogP contribution is -2.08. The summed E-state index contributed by atoms with van der Waals surface area (Å²) in [5.41, 5.74) is 8.50. The minimum Gasteiger partial charge on any atom is -0.308 e. The van der Waals surface area contributed by atoms with Gasteiger partial charge in [0.15, 0.2) is 29.1 Å². The van der Waals surface area contributed by atoms with Crippen molar-refractivity contribution in [2.45, 2.75) is 0 Å². The standard InChI is InChI=1S/C60H38N8/c1-5-20-39(21-6-1)44-31-19-35-53-54(44)47-30-15-18-34-51(47)67(53)52-37-36-43(58-62-55(40-22-7-2-8-23-40)61-56(63-58)41-24-9-3-10-25-41)38-48(52)59-64-57(42-26-11-4-12-27-42)65-60(66-59)68-49-32-16-13-28-45(49)46-29-14-17-33-50(46)68/h1-38H/i1D,5D,6D,20D,21D. The summed E-state index contributed by atoms with van der Waals surface area (Å²) in [4.78, 5) is 31.3. The first-order valence-corrected chi connectivity index (χ1v) is 22.2. The third-order valence-corrected chi connectivity index (χ3v) is 12.3. The van der Waals surface area contributed by atoms with E-state index in [1.54, 1.807) is 0 Å². The molecule has 0 aliphatic rings. The Balaban J connectivity index is 1.14. The molecule has 0 aliphatic heterocycles. The van der Waals surface area contributed by atoms with Gasteiger partial charge in [0.05, 0.1) is 34.6 Å². The second kappa shape index (κ2) is 16.2. The van der Waals surface area contributed by atoms with Crippen LogP contribution in [0.3, 0.4) is 0 Å². The van der Waals surface area contributed by atoms with E-state index in [1.807, 2.05) is 176 Å². The first kappa shape index (κ1) is 34.0. The van der Waals surface area contributed by atoms with E-state index in [1.165, 1.54) is 0 Å². The second-order valence-corrected chi connectivity index (χ2v) is 16.3. The molecule has 0 aliphatic carbocycles. The number of nitrogens with zero attached hydrogens (tertiary/aromatic N) is 8. The van der Waals surface area contributed by atoms with E-state index in [0.29, 0.717) is 57.4 Å². The van der Waals surface area contributed by atoms with Gasteiger partial charge in [0, 0.05) is 49.4 Å². The van der Waals surface area contributed by atoms with Crippen LogP contribution in [0.4, 0.5) is 0 Å². The maximum Gasteiger partial charge on any atom is 0.238 e. The summed E-state index contributed by atoms with van der Waals surface area (Å²) >= 11 is 0. The molecule has 4 aromatic heterocycles. The van der Waals surface area contributed by atoms with Crippen LogP contribution in [0.15, 0.2) is 230 Å². The first-order valence-electron chi connectivity index (χ1n) is 24.7. The highest BCUT2D eigenvalue weighted by Crippen LogP contribution is 2.42. The van der Waals surface area contributed by atoms with Gasteiger partial charge >= 0.3 is 0 Å². The molecule has 9 aromatic carbocycles. The lowest BCUT2D eigenvalue weighted by Gasteiger charge is -2.17. The first-order chi connectivity index (χ1) is 35.8. The highest BCUT2D eigenvalue weighted by Gasteiger charge is 2.24. The maximum atomic E-state index is 9.07.